The van der Waals surface area contributed by atoms with Gasteiger partial charge in [0.05, 0.1) is 0 Å². The third kappa shape index (κ3) is 5.11. The highest BCUT2D eigenvalue weighted by Crippen LogP contribution is 2.15. The molecule has 0 aromatic carbocycles. The van der Waals surface area contributed by atoms with E-state index in [1.807, 2.05) is 13.0 Å². The molecule has 0 heterocycles. The molecule has 0 fully saturated rings. The molecule has 0 aromatic heterocycles. The zero-order chi connectivity index (χ0) is 9.40. The monoisotopic (exact) mass is 167 g/mol. The Bertz CT molecular complexity index is 138. The van der Waals surface area contributed by atoms with Crippen LogP contribution in [0.5, 0.6) is 0 Å². The standard InChI is InChI=1S/C11H21N/c1-4-6-7-9-11(8-5-2)10(3)12/h4,11-12H,1,5-9H2,2-3H3. The Morgan fingerprint density at radius 1 is 1.50 bits per heavy atom. The predicted octanol–water partition coefficient (Wildman–Crippen LogP) is 3.80. The van der Waals surface area contributed by atoms with Crippen molar-refractivity contribution in [2.45, 2.75) is 46.0 Å². The molecule has 0 aromatic rings. The van der Waals surface area contributed by atoms with Gasteiger partial charge in [0.1, 0.15) is 0 Å². The van der Waals surface area contributed by atoms with Crippen LogP contribution in [0.25, 0.3) is 0 Å². The normalized spacial score (nSPS) is 12.5. The van der Waals surface area contributed by atoms with E-state index >= 15 is 0 Å². The second-order valence-electron chi connectivity index (χ2n) is 3.39. The average molecular weight is 167 g/mol. The lowest BCUT2D eigenvalue weighted by molar-refractivity contribution is 0.543. The van der Waals surface area contributed by atoms with Gasteiger partial charge in [-0.3, -0.25) is 0 Å². The average Bonchev–Trinajstić information content (AvgIpc) is 2.03. The van der Waals surface area contributed by atoms with E-state index in [9.17, 15) is 0 Å². The van der Waals surface area contributed by atoms with Gasteiger partial charge < -0.3 is 5.41 Å². The minimum Gasteiger partial charge on any atom is -0.310 e. The second kappa shape index (κ2) is 7.08. The third-order valence-electron chi connectivity index (χ3n) is 2.21. The zero-order valence-electron chi connectivity index (χ0n) is 8.40. The maximum Gasteiger partial charge on any atom is 0.00891 e. The van der Waals surface area contributed by atoms with Gasteiger partial charge in [-0.25, -0.2) is 0 Å². The van der Waals surface area contributed by atoms with E-state index in [2.05, 4.69) is 13.5 Å². The number of unbranched alkanes of at least 4 members (excludes halogenated alkanes) is 1. The molecule has 1 heteroatoms. The molecule has 0 bridgehead atoms. The van der Waals surface area contributed by atoms with Crippen LogP contribution in [0.3, 0.4) is 0 Å². The molecule has 0 rings (SSSR count). The highest BCUT2D eigenvalue weighted by Gasteiger charge is 2.08. The van der Waals surface area contributed by atoms with Crippen molar-refractivity contribution in [2.75, 3.05) is 0 Å². The Kier molecular flexibility index (Phi) is 6.73. The van der Waals surface area contributed by atoms with E-state index in [4.69, 9.17) is 5.41 Å². The van der Waals surface area contributed by atoms with Crippen molar-refractivity contribution in [3.8, 4) is 0 Å². The molecule has 0 saturated carbocycles. The Balaban J connectivity index is 3.63. The van der Waals surface area contributed by atoms with Crippen molar-refractivity contribution in [3.05, 3.63) is 12.7 Å². The zero-order valence-corrected chi connectivity index (χ0v) is 8.40. The Morgan fingerprint density at radius 2 is 2.17 bits per heavy atom. The number of nitrogens with one attached hydrogen (secondary N) is 1. The van der Waals surface area contributed by atoms with Gasteiger partial charge in [-0.1, -0.05) is 19.4 Å². The SMILES string of the molecule is C=CCCCC(CCC)C(C)=N. The summed E-state index contributed by atoms with van der Waals surface area (Å²) < 4.78 is 0. The first-order valence-corrected chi connectivity index (χ1v) is 4.88. The molecule has 12 heavy (non-hydrogen) atoms. The van der Waals surface area contributed by atoms with Gasteiger partial charge in [-0.15, -0.1) is 6.58 Å². The molecular weight excluding hydrogens is 146 g/mol. The van der Waals surface area contributed by atoms with Gasteiger partial charge in [0, 0.05) is 5.71 Å². The fraction of sp³-hybridized carbons (Fsp3) is 0.727. The largest absolute Gasteiger partial charge is 0.310 e. The van der Waals surface area contributed by atoms with Crippen molar-refractivity contribution in [1.82, 2.24) is 0 Å². The van der Waals surface area contributed by atoms with Gasteiger partial charge >= 0.3 is 0 Å². The molecule has 1 atom stereocenters. The summed E-state index contributed by atoms with van der Waals surface area (Å²) in [6.07, 6.45) is 7.76. The second-order valence-corrected chi connectivity index (χ2v) is 3.39. The van der Waals surface area contributed by atoms with Crippen LogP contribution in [0.1, 0.15) is 46.0 Å². The summed E-state index contributed by atoms with van der Waals surface area (Å²) in [4.78, 5) is 0. The number of allylic oxidation sites excluding steroid dienone is 1. The molecule has 0 amide bonds. The number of hydrogen-bond donors (Lipinski definition) is 1. The molecular formula is C11H21N. The summed E-state index contributed by atoms with van der Waals surface area (Å²) in [7, 11) is 0. The molecule has 0 aliphatic heterocycles. The molecule has 0 radical (unpaired) electrons. The fourth-order valence-electron chi connectivity index (χ4n) is 1.43. The first-order valence-electron chi connectivity index (χ1n) is 4.88. The summed E-state index contributed by atoms with van der Waals surface area (Å²) in [5.74, 6) is 0.523. The van der Waals surface area contributed by atoms with Crippen LogP contribution in [0.2, 0.25) is 0 Å². The molecule has 0 aliphatic carbocycles. The Labute approximate surface area is 76.4 Å². The van der Waals surface area contributed by atoms with E-state index < -0.39 is 0 Å². The smallest absolute Gasteiger partial charge is 0.00891 e. The van der Waals surface area contributed by atoms with Crippen molar-refractivity contribution in [2.24, 2.45) is 5.92 Å². The van der Waals surface area contributed by atoms with Gasteiger partial charge in [-0.2, -0.15) is 0 Å². The van der Waals surface area contributed by atoms with Crippen molar-refractivity contribution < 1.29 is 0 Å². The fourth-order valence-corrected chi connectivity index (χ4v) is 1.43. The van der Waals surface area contributed by atoms with E-state index in [-0.39, 0.29) is 0 Å². The minimum atomic E-state index is 0.523. The third-order valence-corrected chi connectivity index (χ3v) is 2.21. The van der Waals surface area contributed by atoms with Crippen LogP contribution in [0, 0.1) is 11.3 Å². The highest BCUT2D eigenvalue weighted by molar-refractivity contribution is 5.81. The molecule has 70 valence electrons. The highest BCUT2D eigenvalue weighted by atomic mass is 14.4. The molecule has 1 unspecified atom stereocenters. The first-order chi connectivity index (χ1) is 5.72. The van der Waals surface area contributed by atoms with E-state index in [0.29, 0.717) is 5.92 Å². The van der Waals surface area contributed by atoms with E-state index in [0.717, 1.165) is 18.6 Å². The van der Waals surface area contributed by atoms with Crippen LogP contribution >= 0.6 is 0 Å². The maximum atomic E-state index is 7.56. The van der Waals surface area contributed by atoms with Crippen LogP contribution < -0.4 is 0 Å². The topological polar surface area (TPSA) is 23.9 Å². The van der Waals surface area contributed by atoms with E-state index in [1.54, 1.807) is 0 Å². The van der Waals surface area contributed by atoms with Gasteiger partial charge in [0.2, 0.25) is 0 Å². The van der Waals surface area contributed by atoms with Crippen molar-refractivity contribution >= 4 is 5.71 Å². The molecule has 0 spiro atoms. The Hall–Kier alpha value is -0.590. The van der Waals surface area contributed by atoms with Gasteiger partial charge in [0.15, 0.2) is 0 Å². The molecule has 1 nitrogen and oxygen atoms in total. The molecule has 0 saturated heterocycles. The van der Waals surface area contributed by atoms with Gasteiger partial charge in [0.25, 0.3) is 0 Å². The van der Waals surface area contributed by atoms with Crippen molar-refractivity contribution in [1.29, 1.82) is 5.41 Å². The van der Waals surface area contributed by atoms with Gasteiger partial charge in [-0.05, 0) is 38.5 Å². The summed E-state index contributed by atoms with van der Waals surface area (Å²) in [5.41, 5.74) is 0.848. The number of rotatable bonds is 7. The predicted molar refractivity (Wildman–Crippen MR) is 55.8 cm³/mol. The Morgan fingerprint density at radius 3 is 2.58 bits per heavy atom. The summed E-state index contributed by atoms with van der Waals surface area (Å²) >= 11 is 0. The van der Waals surface area contributed by atoms with Crippen molar-refractivity contribution in [3.63, 3.8) is 0 Å². The lowest BCUT2D eigenvalue weighted by Gasteiger charge is -2.13. The summed E-state index contributed by atoms with van der Waals surface area (Å²) in [6.45, 7) is 7.80. The first kappa shape index (κ1) is 11.4. The van der Waals surface area contributed by atoms with E-state index in [1.165, 1.54) is 19.3 Å². The molecule has 0 aliphatic rings. The minimum absolute atomic E-state index is 0.523. The lowest BCUT2D eigenvalue weighted by atomic mass is 9.93. The van der Waals surface area contributed by atoms with Crippen LogP contribution in [0.4, 0.5) is 0 Å². The van der Waals surface area contributed by atoms with Crippen LogP contribution in [-0.4, -0.2) is 5.71 Å². The summed E-state index contributed by atoms with van der Waals surface area (Å²) in [5, 5.41) is 7.56. The number of hydrogen-bond acceptors (Lipinski definition) is 1. The summed E-state index contributed by atoms with van der Waals surface area (Å²) in [6, 6.07) is 0. The van der Waals surface area contributed by atoms with Crippen LogP contribution in [-0.2, 0) is 0 Å². The molecule has 1 N–H and O–H groups in total. The lowest BCUT2D eigenvalue weighted by Crippen LogP contribution is -2.09. The quantitative estimate of drug-likeness (QED) is 0.339. The maximum absolute atomic E-state index is 7.56. The van der Waals surface area contributed by atoms with Crippen LogP contribution in [0.15, 0.2) is 12.7 Å².